The van der Waals surface area contributed by atoms with Crippen molar-refractivity contribution in [1.29, 1.82) is 0 Å². The molecule has 1 aromatic heterocycles. The van der Waals surface area contributed by atoms with Crippen molar-refractivity contribution in [3.05, 3.63) is 11.9 Å². The van der Waals surface area contributed by atoms with E-state index in [4.69, 9.17) is 5.73 Å². The number of aromatic nitrogens is 2. The van der Waals surface area contributed by atoms with Gasteiger partial charge in [0.15, 0.2) is 0 Å². The summed E-state index contributed by atoms with van der Waals surface area (Å²) >= 11 is 0. The van der Waals surface area contributed by atoms with Gasteiger partial charge < -0.3 is 10.6 Å². The van der Waals surface area contributed by atoms with Crippen LogP contribution in [0, 0.1) is 0 Å². The number of hydrogen-bond donors (Lipinski definition) is 1. The zero-order valence-electron chi connectivity index (χ0n) is 10.3. The molecule has 0 atom stereocenters. The van der Waals surface area contributed by atoms with Crippen LogP contribution in [-0.2, 0) is 5.41 Å². The molecule has 0 aliphatic carbocycles. The lowest BCUT2D eigenvalue weighted by Gasteiger charge is -2.21. The van der Waals surface area contributed by atoms with Crippen molar-refractivity contribution in [3.8, 4) is 0 Å². The van der Waals surface area contributed by atoms with Gasteiger partial charge in [-0.1, -0.05) is 20.8 Å². The molecule has 4 nitrogen and oxygen atoms in total. The largest absolute Gasteiger partial charge is 0.384 e. The Bertz CT molecular complexity index is 375. The normalized spacial score (nSPS) is 16.8. The lowest BCUT2D eigenvalue weighted by atomic mass is 9.96. The van der Waals surface area contributed by atoms with Gasteiger partial charge in [-0.2, -0.15) is 0 Å². The fourth-order valence-electron chi connectivity index (χ4n) is 1.90. The molecular formula is C12H20N4. The van der Waals surface area contributed by atoms with Gasteiger partial charge >= 0.3 is 0 Å². The summed E-state index contributed by atoms with van der Waals surface area (Å²) in [6.07, 6.45) is 2.49. The van der Waals surface area contributed by atoms with Crippen molar-refractivity contribution in [2.75, 3.05) is 23.7 Å². The molecule has 1 saturated heterocycles. The van der Waals surface area contributed by atoms with Crippen molar-refractivity contribution < 1.29 is 0 Å². The van der Waals surface area contributed by atoms with E-state index in [9.17, 15) is 0 Å². The lowest BCUT2D eigenvalue weighted by molar-refractivity contribution is 0.545. The van der Waals surface area contributed by atoms with E-state index in [0.29, 0.717) is 5.82 Å². The highest BCUT2D eigenvalue weighted by Crippen LogP contribution is 2.24. The second kappa shape index (κ2) is 3.92. The maximum atomic E-state index is 5.85. The Hall–Kier alpha value is -1.32. The van der Waals surface area contributed by atoms with E-state index in [-0.39, 0.29) is 5.41 Å². The first-order chi connectivity index (χ1) is 7.47. The summed E-state index contributed by atoms with van der Waals surface area (Å²) in [5.41, 5.74) is 5.79. The quantitative estimate of drug-likeness (QED) is 0.786. The number of nitrogen functional groups attached to an aromatic ring is 1. The molecule has 2 N–H and O–H groups in total. The third-order valence-corrected chi connectivity index (χ3v) is 2.83. The molecule has 1 aromatic rings. The van der Waals surface area contributed by atoms with E-state index in [0.717, 1.165) is 24.7 Å². The van der Waals surface area contributed by atoms with Crippen molar-refractivity contribution in [3.63, 3.8) is 0 Å². The van der Waals surface area contributed by atoms with Crippen molar-refractivity contribution in [1.82, 2.24) is 9.97 Å². The Morgan fingerprint density at radius 2 is 1.81 bits per heavy atom. The fraction of sp³-hybridized carbons (Fsp3) is 0.667. The molecule has 88 valence electrons. The number of rotatable bonds is 1. The maximum absolute atomic E-state index is 5.85. The highest BCUT2D eigenvalue weighted by molar-refractivity contribution is 5.48. The van der Waals surface area contributed by atoms with Crippen LogP contribution in [0.1, 0.15) is 39.4 Å². The minimum atomic E-state index is -0.0517. The zero-order valence-corrected chi connectivity index (χ0v) is 10.3. The molecule has 2 heterocycles. The monoisotopic (exact) mass is 220 g/mol. The minimum Gasteiger partial charge on any atom is -0.384 e. The first-order valence-electron chi connectivity index (χ1n) is 5.87. The fourth-order valence-corrected chi connectivity index (χ4v) is 1.90. The third-order valence-electron chi connectivity index (χ3n) is 2.83. The smallest absolute Gasteiger partial charge is 0.138 e. The van der Waals surface area contributed by atoms with Gasteiger partial charge in [0.1, 0.15) is 17.5 Å². The van der Waals surface area contributed by atoms with Gasteiger partial charge in [-0.15, -0.1) is 0 Å². The van der Waals surface area contributed by atoms with Crippen molar-refractivity contribution in [2.24, 2.45) is 0 Å². The Morgan fingerprint density at radius 1 is 1.19 bits per heavy atom. The average Bonchev–Trinajstić information content (AvgIpc) is 2.68. The molecule has 1 aliphatic rings. The molecule has 2 rings (SSSR count). The molecule has 0 spiro atoms. The minimum absolute atomic E-state index is 0.0517. The number of hydrogen-bond acceptors (Lipinski definition) is 4. The van der Waals surface area contributed by atoms with Gasteiger partial charge in [-0.3, -0.25) is 0 Å². The maximum Gasteiger partial charge on any atom is 0.138 e. The molecule has 4 heteroatoms. The molecular weight excluding hydrogens is 200 g/mol. The van der Waals surface area contributed by atoms with Gasteiger partial charge in [0.2, 0.25) is 0 Å². The van der Waals surface area contributed by atoms with E-state index in [1.807, 2.05) is 6.07 Å². The Labute approximate surface area is 96.9 Å². The van der Waals surface area contributed by atoms with Crippen LogP contribution in [0.15, 0.2) is 6.07 Å². The highest BCUT2D eigenvalue weighted by atomic mass is 15.2. The molecule has 0 saturated carbocycles. The predicted octanol–water partition coefficient (Wildman–Crippen LogP) is 1.96. The van der Waals surface area contributed by atoms with Crippen LogP contribution in [0.4, 0.5) is 11.6 Å². The van der Waals surface area contributed by atoms with Gasteiger partial charge in [0.25, 0.3) is 0 Å². The zero-order chi connectivity index (χ0) is 11.8. The summed E-state index contributed by atoms with van der Waals surface area (Å²) in [5, 5.41) is 0. The molecule has 1 fully saturated rings. The summed E-state index contributed by atoms with van der Waals surface area (Å²) < 4.78 is 0. The van der Waals surface area contributed by atoms with Crippen molar-refractivity contribution in [2.45, 2.75) is 39.0 Å². The summed E-state index contributed by atoms with van der Waals surface area (Å²) in [4.78, 5) is 11.2. The first kappa shape index (κ1) is 11.2. The van der Waals surface area contributed by atoms with Crippen LogP contribution in [0.2, 0.25) is 0 Å². The predicted molar refractivity (Wildman–Crippen MR) is 66.6 cm³/mol. The molecule has 0 aromatic carbocycles. The number of anilines is 2. The van der Waals surface area contributed by atoms with Gasteiger partial charge in [-0.05, 0) is 12.8 Å². The topological polar surface area (TPSA) is 55.0 Å². The molecule has 0 radical (unpaired) electrons. The van der Waals surface area contributed by atoms with E-state index < -0.39 is 0 Å². The summed E-state index contributed by atoms with van der Waals surface area (Å²) in [6.45, 7) is 8.49. The molecule has 0 amide bonds. The second-order valence-electron chi connectivity index (χ2n) is 5.42. The Balaban J connectivity index is 2.35. The Morgan fingerprint density at radius 3 is 2.38 bits per heavy atom. The third kappa shape index (κ3) is 2.26. The van der Waals surface area contributed by atoms with Gasteiger partial charge in [0.05, 0.1) is 0 Å². The van der Waals surface area contributed by atoms with Crippen LogP contribution in [0.3, 0.4) is 0 Å². The Kier molecular flexibility index (Phi) is 2.74. The standard InChI is InChI=1S/C12H20N4/c1-12(2,3)11-14-9(13)8-10(15-11)16-6-4-5-7-16/h8H,4-7H2,1-3H3,(H2,13,14,15). The van der Waals surface area contributed by atoms with Crippen LogP contribution < -0.4 is 10.6 Å². The lowest BCUT2D eigenvalue weighted by Crippen LogP contribution is -2.23. The van der Waals surface area contributed by atoms with Crippen LogP contribution in [0.25, 0.3) is 0 Å². The first-order valence-corrected chi connectivity index (χ1v) is 5.87. The molecule has 0 bridgehead atoms. The number of nitrogens with zero attached hydrogens (tertiary/aromatic N) is 3. The number of nitrogens with two attached hydrogens (primary N) is 1. The van der Waals surface area contributed by atoms with Crippen LogP contribution >= 0.6 is 0 Å². The van der Waals surface area contributed by atoms with Gasteiger partial charge in [0, 0.05) is 24.6 Å². The average molecular weight is 220 g/mol. The van der Waals surface area contributed by atoms with E-state index in [2.05, 4.69) is 35.6 Å². The van der Waals surface area contributed by atoms with E-state index in [1.165, 1.54) is 12.8 Å². The SMILES string of the molecule is CC(C)(C)c1nc(N)cc(N2CCCC2)n1. The molecule has 16 heavy (non-hydrogen) atoms. The van der Waals surface area contributed by atoms with Crippen molar-refractivity contribution >= 4 is 11.6 Å². The highest BCUT2D eigenvalue weighted by Gasteiger charge is 2.21. The summed E-state index contributed by atoms with van der Waals surface area (Å²) in [5.74, 6) is 2.38. The van der Waals surface area contributed by atoms with Crippen LogP contribution in [0.5, 0.6) is 0 Å². The second-order valence-corrected chi connectivity index (χ2v) is 5.42. The molecule has 0 unspecified atom stereocenters. The summed E-state index contributed by atoms with van der Waals surface area (Å²) in [6, 6.07) is 1.88. The van der Waals surface area contributed by atoms with Gasteiger partial charge in [-0.25, -0.2) is 9.97 Å². The summed E-state index contributed by atoms with van der Waals surface area (Å²) in [7, 11) is 0. The van der Waals surface area contributed by atoms with E-state index in [1.54, 1.807) is 0 Å². The molecule has 1 aliphatic heterocycles. The van der Waals surface area contributed by atoms with Crippen LogP contribution in [-0.4, -0.2) is 23.1 Å². The van der Waals surface area contributed by atoms with E-state index >= 15 is 0 Å².